The summed E-state index contributed by atoms with van der Waals surface area (Å²) in [7, 11) is 1.95. The maximum atomic E-state index is 5.89. The molecule has 0 saturated carbocycles. The van der Waals surface area contributed by atoms with E-state index in [-0.39, 0.29) is 0 Å². The van der Waals surface area contributed by atoms with Gasteiger partial charge in [-0.05, 0) is 38.1 Å². The average Bonchev–Trinajstić information content (AvgIpc) is 2.11. The molecule has 0 aliphatic heterocycles. The SMILES string of the molecule is CNC(C)Cc1ccc(Cl)c(Cl)c1. The van der Waals surface area contributed by atoms with Crippen molar-refractivity contribution in [2.24, 2.45) is 0 Å². The minimum atomic E-state index is 0.456. The zero-order valence-corrected chi connectivity index (χ0v) is 9.28. The maximum absolute atomic E-state index is 5.89. The first kappa shape index (κ1) is 10.8. The van der Waals surface area contributed by atoms with Gasteiger partial charge in [-0.1, -0.05) is 29.3 Å². The minimum absolute atomic E-state index is 0.456. The molecule has 1 N–H and O–H groups in total. The van der Waals surface area contributed by atoms with Crippen LogP contribution in [-0.2, 0) is 6.42 Å². The van der Waals surface area contributed by atoms with Gasteiger partial charge in [0.1, 0.15) is 0 Å². The second kappa shape index (κ2) is 4.85. The van der Waals surface area contributed by atoms with Crippen molar-refractivity contribution in [3.8, 4) is 0 Å². The van der Waals surface area contributed by atoms with E-state index in [1.54, 1.807) is 0 Å². The smallest absolute Gasteiger partial charge is 0.0595 e. The van der Waals surface area contributed by atoms with E-state index in [2.05, 4.69) is 12.2 Å². The van der Waals surface area contributed by atoms with Crippen molar-refractivity contribution in [3.05, 3.63) is 33.8 Å². The fraction of sp³-hybridized carbons (Fsp3) is 0.400. The van der Waals surface area contributed by atoms with E-state index in [4.69, 9.17) is 23.2 Å². The quantitative estimate of drug-likeness (QED) is 0.821. The van der Waals surface area contributed by atoms with E-state index < -0.39 is 0 Å². The van der Waals surface area contributed by atoms with Crippen molar-refractivity contribution < 1.29 is 0 Å². The molecular formula is C10H13Cl2N. The first-order chi connectivity index (χ1) is 6.13. The molecule has 0 saturated heterocycles. The second-order valence-corrected chi connectivity index (χ2v) is 3.96. The van der Waals surface area contributed by atoms with Crippen molar-refractivity contribution in [2.75, 3.05) is 7.05 Å². The van der Waals surface area contributed by atoms with Crippen LogP contribution in [-0.4, -0.2) is 13.1 Å². The molecule has 0 heterocycles. The van der Waals surface area contributed by atoms with Gasteiger partial charge in [-0.15, -0.1) is 0 Å². The lowest BCUT2D eigenvalue weighted by molar-refractivity contribution is 0.608. The van der Waals surface area contributed by atoms with E-state index >= 15 is 0 Å². The number of likely N-dealkylation sites (N-methyl/N-ethyl adjacent to an activating group) is 1. The summed E-state index contributed by atoms with van der Waals surface area (Å²) in [6.07, 6.45) is 0.966. The molecule has 0 aromatic heterocycles. The molecule has 0 spiro atoms. The summed E-state index contributed by atoms with van der Waals surface area (Å²) in [5.74, 6) is 0. The summed E-state index contributed by atoms with van der Waals surface area (Å²) in [4.78, 5) is 0. The highest BCUT2D eigenvalue weighted by molar-refractivity contribution is 6.42. The van der Waals surface area contributed by atoms with Crippen molar-refractivity contribution in [1.82, 2.24) is 5.32 Å². The van der Waals surface area contributed by atoms with Gasteiger partial charge in [0.2, 0.25) is 0 Å². The fourth-order valence-electron chi connectivity index (χ4n) is 1.12. The van der Waals surface area contributed by atoms with Crippen molar-refractivity contribution >= 4 is 23.2 Å². The van der Waals surface area contributed by atoms with Gasteiger partial charge in [0.25, 0.3) is 0 Å². The number of rotatable bonds is 3. The molecule has 0 amide bonds. The first-order valence-corrected chi connectivity index (χ1v) is 5.00. The zero-order chi connectivity index (χ0) is 9.84. The summed E-state index contributed by atoms with van der Waals surface area (Å²) in [5, 5.41) is 4.41. The standard InChI is InChI=1S/C10H13Cl2N/c1-7(13-2)5-8-3-4-9(11)10(12)6-8/h3-4,6-7,13H,5H2,1-2H3. The molecule has 1 atom stereocenters. The normalized spacial score (nSPS) is 12.9. The monoisotopic (exact) mass is 217 g/mol. The van der Waals surface area contributed by atoms with Crippen LogP contribution in [0.4, 0.5) is 0 Å². The molecule has 1 unspecified atom stereocenters. The Morgan fingerprint density at radius 1 is 1.31 bits per heavy atom. The molecule has 13 heavy (non-hydrogen) atoms. The number of nitrogens with one attached hydrogen (secondary N) is 1. The molecule has 1 aromatic carbocycles. The van der Waals surface area contributed by atoms with Gasteiger partial charge in [0, 0.05) is 6.04 Å². The first-order valence-electron chi connectivity index (χ1n) is 4.24. The van der Waals surface area contributed by atoms with Crippen molar-refractivity contribution in [3.63, 3.8) is 0 Å². The third-order valence-electron chi connectivity index (χ3n) is 2.02. The minimum Gasteiger partial charge on any atom is -0.317 e. The number of hydrogen-bond donors (Lipinski definition) is 1. The Labute approximate surface area is 89.0 Å². The van der Waals surface area contributed by atoms with Gasteiger partial charge in [0.05, 0.1) is 10.0 Å². The van der Waals surface area contributed by atoms with Crippen molar-refractivity contribution in [1.29, 1.82) is 0 Å². The molecule has 72 valence electrons. The Morgan fingerprint density at radius 2 is 2.00 bits per heavy atom. The van der Waals surface area contributed by atoms with E-state index in [1.165, 1.54) is 5.56 Å². The van der Waals surface area contributed by atoms with E-state index in [0.717, 1.165) is 6.42 Å². The van der Waals surface area contributed by atoms with Gasteiger partial charge in [-0.25, -0.2) is 0 Å². The fourth-order valence-corrected chi connectivity index (χ4v) is 1.44. The van der Waals surface area contributed by atoms with Gasteiger partial charge in [-0.3, -0.25) is 0 Å². The molecule has 0 aliphatic carbocycles. The molecule has 0 radical (unpaired) electrons. The summed E-state index contributed by atoms with van der Waals surface area (Å²) >= 11 is 11.7. The molecule has 3 heteroatoms. The lowest BCUT2D eigenvalue weighted by Crippen LogP contribution is -2.23. The van der Waals surface area contributed by atoms with Crippen LogP contribution in [0.3, 0.4) is 0 Å². The Bertz CT molecular complexity index is 286. The second-order valence-electron chi connectivity index (χ2n) is 3.14. The van der Waals surface area contributed by atoms with Gasteiger partial charge < -0.3 is 5.32 Å². The summed E-state index contributed by atoms with van der Waals surface area (Å²) in [5.41, 5.74) is 1.20. The Balaban J connectivity index is 2.73. The van der Waals surface area contributed by atoms with Crippen LogP contribution in [0, 0.1) is 0 Å². The number of hydrogen-bond acceptors (Lipinski definition) is 1. The zero-order valence-electron chi connectivity index (χ0n) is 7.77. The van der Waals surface area contributed by atoms with E-state index in [0.29, 0.717) is 16.1 Å². The van der Waals surface area contributed by atoms with E-state index in [9.17, 15) is 0 Å². The summed E-state index contributed by atoms with van der Waals surface area (Å²) in [6, 6.07) is 6.21. The molecule has 0 fully saturated rings. The van der Waals surface area contributed by atoms with Crippen LogP contribution in [0.1, 0.15) is 12.5 Å². The topological polar surface area (TPSA) is 12.0 Å². The lowest BCUT2D eigenvalue weighted by Gasteiger charge is -2.10. The molecule has 1 rings (SSSR count). The third-order valence-corrected chi connectivity index (χ3v) is 2.76. The largest absolute Gasteiger partial charge is 0.317 e. The Morgan fingerprint density at radius 3 is 2.54 bits per heavy atom. The highest BCUT2D eigenvalue weighted by Crippen LogP contribution is 2.22. The molecule has 0 aliphatic rings. The predicted octanol–water partition coefficient (Wildman–Crippen LogP) is 3.14. The summed E-state index contributed by atoms with van der Waals surface area (Å²) < 4.78 is 0. The molecule has 1 aromatic rings. The van der Waals surface area contributed by atoms with Gasteiger partial charge in [-0.2, -0.15) is 0 Å². The van der Waals surface area contributed by atoms with Crippen LogP contribution in [0.5, 0.6) is 0 Å². The Hall–Kier alpha value is -0.240. The maximum Gasteiger partial charge on any atom is 0.0595 e. The number of benzene rings is 1. The number of halogens is 2. The van der Waals surface area contributed by atoms with Crippen LogP contribution in [0.2, 0.25) is 10.0 Å². The molecular weight excluding hydrogens is 205 g/mol. The van der Waals surface area contributed by atoms with Gasteiger partial charge >= 0.3 is 0 Å². The molecule has 1 nitrogen and oxygen atoms in total. The highest BCUT2D eigenvalue weighted by atomic mass is 35.5. The van der Waals surface area contributed by atoms with Crippen LogP contribution in [0.15, 0.2) is 18.2 Å². The average molecular weight is 218 g/mol. The van der Waals surface area contributed by atoms with Gasteiger partial charge in [0.15, 0.2) is 0 Å². The van der Waals surface area contributed by atoms with Crippen LogP contribution < -0.4 is 5.32 Å². The van der Waals surface area contributed by atoms with Crippen LogP contribution >= 0.6 is 23.2 Å². The summed E-state index contributed by atoms with van der Waals surface area (Å²) in [6.45, 7) is 2.13. The highest BCUT2D eigenvalue weighted by Gasteiger charge is 2.03. The van der Waals surface area contributed by atoms with Crippen LogP contribution in [0.25, 0.3) is 0 Å². The Kier molecular flexibility index (Phi) is 4.04. The third kappa shape index (κ3) is 3.18. The van der Waals surface area contributed by atoms with E-state index in [1.807, 2.05) is 25.2 Å². The van der Waals surface area contributed by atoms with Crippen molar-refractivity contribution in [2.45, 2.75) is 19.4 Å². The predicted molar refractivity (Wildman–Crippen MR) is 58.7 cm³/mol. The lowest BCUT2D eigenvalue weighted by atomic mass is 10.1. The molecule has 0 bridgehead atoms.